The first kappa shape index (κ1) is 19.4. The Balaban J connectivity index is 1.81. The molecule has 3 rings (SSSR count). The normalized spacial score (nSPS) is 11.5. The largest absolute Gasteiger partial charge is 0.497 e. The number of ether oxygens (including phenoxy) is 1. The molecular weight excluding hydrogens is 378 g/mol. The molecule has 0 aliphatic rings. The number of nitrogens with one attached hydrogen (secondary N) is 3. The van der Waals surface area contributed by atoms with Crippen molar-refractivity contribution >= 4 is 23.7 Å². The number of benzene rings is 2. The summed E-state index contributed by atoms with van der Waals surface area (Å²) in [5, 5.41) is 11.5. The van der Waals surface area contributed by atoms with Crippen molar-refractivity contribution in [1.29, 1.82) is 0 Å². The lowest BCUT2D eigenvalue weighted by atomic mass is 10.1. The average Bonchev–Trinajstić information content (AvgIpc) is 3.21. The third-order valence-electron chi connectivity index (χ3n) is 3.86. The molecule has 3 amide bonds. The highest BCUT2D eigenvalue weighted by Crippen LogP contribution is 2.34. The summed E-state index contributed by atoms with van der Waals surface area (Å²) in [6.07, 6.45) is 0. The van der Waals surface area contributed by atoms with Crippen LogP contribution in [-0.2, 0) is 4.79 Å². The van der Waals surface area contributed by atoms with E-state index < -0.39 is 17.2 Å². The molecule has 1 heterocycles. The highest BCUT2D eigenvalue weighted by atomic mass is 32.2. The van der Waals surface area contributed by atoms with Crippen LogP contribution in [0, 0.1) is 0 Å². The monoisotopic (exact) mass is 397 g/mol. The Kier molecular flexibility index (Phi) is 6.28. The van der Waals surface area contributed by atoms with Gasteiger partial charge in [0.05, 0.1) is 7.11 Å². The van der Waals surface area contributed by atoms with Crippen molar-refractivity contribution in [3.63, 3.8) is 0 Å². The second-order valence-electron chi connectivity index (χ2n) is 5.67. The number of aromatic nitrogens is 3. The van der Waals surface area contributed by atoms with E-state index in [2.05, 4.69) is 25.8 Å². The predicted octanol–water partition coefficient (Wildman–Crippen LogP) is 2.77. The maximum absolute atomic E-state index is 12.6. The van der Waals surface area contributed by atoms with Gasteiger partial charge in [0.25, 0.3) is 0 Å². The Labute approximate surface area is 166 Å². The van der Waals surface area contributed by atoms with Crippen molar-refractivity contribution in [3.8, 4) is 17.1 Å². The zero-order valence-corrected chi connectivity index (χ0v) is 16.1. The molecule has 3 N–H and O–H groups in total. The summed E-state index contributed by atoms with van der Waals surface area (Å²) in [7, 11) is 3.05. The number of H-pyrrole nitrogens is 1. The lowest BCUT2D eigenvalue weighted by Gasteiger charge is -2.14. The van der Waals surface area contributed by atoms with Crippen LogP contribution in [-0.4, -0.2) is 41.3 Å². The molecule has 0 saturated carbocycles. The quantitative estimate of drug-likeness (QED) is 0.552. The summed E-state index contributed by atoms with van der Waals surface area (Å²) in [5.74, 6) is 0.864. The lowest BCUT2D eigenvalue weighted by molar-refractivity contribution is -0.119. The molecule has 0 saturated heterocycles. The lowest BCUT2D eigenvalue weighted by Crippen LogP contribution is -2.39. The summed E-state index contributed by atoms with van der Waals surface area (Å²) in [6.45, 7) is 0. The van der Waals surface area contributed by atoms with E-state index in [4.69, 9.17) is 4.74 Å². The summed E-state index contributed by atoms with van der Waals surface area (Å²) in [6, 6.07) is 16.0. The topological polar surface area (TPSA) is 109 Å². The molecule has 8 nitrogen and oxygen atoms in total. The van der Waals surface area contributed by atoms with Crippen LogP contribution in [0.5, 0.6) is 5.75 Å². The first-order chi connectivity index (χ1) is 13.6. The second-order valence-corrected chi connectivity index (χ2v) is 6.74. The van der Waals surface area contributed by atoms with E-state index in [1.807, 2.05) is 54.6 Å². The van der Waals surface area contributed by atoms with Crippen molar-refractivity contribution in [2.24, 2.45) is 0 Å². The molecule has 28 heavy (non-hydrogen) atoms. The maximum atomic E-state index is 12.6. The van der Waals surface area contributed by atoms with Crippen LogP contribution in [0.15, 0.2) is 59.8 Å². The predicted molar refractivity (Wildman–Crippen MR) is 106 cm³/mol. The van der Waals surface area contributed by atoms with Gasteiger partial charge in [-0.2, -0.15) is 0 Å². The van der Waals surface area contributed by atoms with Crippen molar-refractivity contribution in [1.82, 2.24) is 25.8 Å². The number of thioether (sulfide) groups is 1. The fourth-order valence-corrected chi connectivity index (χ4v) is 3.34. The number of carbonyl (C=O) groups excluding carboxylic acids is 2. The minimum absolute atomic E-state index is 0.395. The van der Waals surface area contributed by atoms with Crippen LogP contribution >= 0.6 is 11.8 Å². The number of hydrogen-bond acceptors (Lipinski definition) is 6. The van der Waals surface area contributed by atoms with E-state index in [1.54, 1.807) is 7.11 Å². The van der Waals surface area contributed by atoms with Crippen LogP contribution in [0.4, 0.5) is 4.79 Å². The van der Waals surface area contributed by atoms with Gasteiger partial charge in [0, 0.05) is 12.6 Å². The van der Waals surface area contributed by atoms with Gasteiger partial charge in [-0.1, -0.05) is 42.1 Å². The Bertz CT molecular complexity index is 944. The van der Waals surface area contributed by atoms with Gasteiger partial charge in [-0.25, -0.2) is 9.78 Å². The van der Waals surface area contributed by atoms with Gasteiger partial charge in [0.2, 0.25) is 11.1 Å². The molecule has 0 radical (unpaired) electrons. The number of hydrogen-bond donors (Lipinski definition) is 3. The molecule has 1 atom stereocenters. The Morgan fingerprint density at radius 3 is 2.46 bits per heavy atom. The molecule has 0 aliphatic heterocycles. The van der Waals surface area contributed by atoms with Crippen molar-refractivity contribution in [2.75, 3.05) is 14.2 Å². The molecule has 2 aromatic carbocycles. The van der Waals surface area contributed by atoms with Crippen LogP contribution in [0.3, 0.4) is 0 Å². The summed E-state index contributed by atoms with van der Waals surface area (Å²) >= 11 is 1.16. The minimum atomic E-state index is -0.682. The summed E-state index contributed by atoms with van der Waals surface area (Å²) in [4.78, 5) is 28.6. The fraction of sp³-hybridized carbons (Fsp3) is 0.158. The number of aromatic amines is 1. The highest BCUT2D eigenvalue weighted by Gasteiger charge is 2.25. The van der Waals surface area contributed by atoms with Gasteiger partial charge in [-0.15, -0.1) is 5.10 Å². The van der Waals surface area contributed by atoms with Gasteiger partial charge in [0.15, 0.2) is 5.82 Å². The Morgan fingerprint density at radius 1 is 1.11 bits per heavy atom. The highest BCUT2D eigenvalue weighted by molar-refractivity contribution is 8.00. The van der Waals surface area contributed by atoms with Gasteiger partial charge in [-0.05, 0) is 29.8 Å². The van der Waals surface area contributed by atoms with Crippen molar-refractivity contribution in [2.45, 2.75) is 10.4 Å². The van der Waals surface area contributed by atoms with E-state index in [-0.39, 0.29) is 0 Å². The average molecular weight is 397 g/mol. The Hall–Kier alpha value is -3.33. The van der Waals surface area contributed by atoms with E-state index in [1.165, 1.54) is 7.05 Å². The number of amides is 3. The van der Waals surface area contributed by atoms with Crippen LogP contribution in [0.25, 0.3) is 11.4 Å². The molecule has 0 unspecified atom stereocenters. The third-order valence-corrected chi connectivity index (χ3v) is 4.97. The molecule has 3 aromatic rings. The third kappa shape index (κ3) is 4.68. The number of carbonyl (C=O) groups is 2. The number of urea groups is 1. The fourth-order valence-electron chi connectivity index (χ4n) is 2.42. The molecule has 144 valence electrons. The summed E-state index contributed by atoms with van der Waals surface area (Å²) < 4.78 is 5.15. The van der Waals surface area contributed by atoms with E-state index in [0.29, 0.717) is 11.0 Å². The van der Waals surface area contributed by atoms with Crippen molar-refractivity contribution < 1.29 is 14.3 Å². The standard InChI is InChI=1S/C19H19N5O3S/c1-20-18(26)22-17(25)15(12-6-4-3-5-7-12)28-19-21-16(23-24-19)13-8-10-14(27-2)11-9-13/h3-11,15H,1-2H3,(H,21,23,24)(H2,20,22,25,26)/t15-/m0/s1. The van der Waals surface area contributed by atoms with E-state index in [9.17, 15) is 9.59 Å². The molecular formula is C19H19N5O3S. The number of nitrogens with zero attached hydrogens (tertiary/aromatic N) is 2. The van der Waals surface area contributed by atoms with E-state index >= 15 is 0 Å². The molecule has 0 bridgehead atoms. The molecule has 9 heteroatoms. The number of rotatable bonds is 6. The van der Waals surface area contributed by atoms with Crippen LogP contribution in [0.2, 0.25) is 0 Å². The van der Waals surface area contributed by atoms with Crippen molar-refractivity contribution in [3.05, 3.63) is 60.2 Å². The van der Waals surface area contributed by atoms with Crippen LogP contribution in [0.1, 0.15) is 10.8 Å². The van der Waals surface area contributed by atoms with Gasteiger partial charge >= 0.3 is 6.03 Å². The zero-order valence-electron chi connectivity index (χ0n) is 15.3. The first-order valence-electron chi connectivity index (χ1n) is 8.41. The smallest absolute Gasteiger partial charge is 0.321 e. The zero-order chi connectivity index (χ0) is 19.9. The molecule has 0 aliphatic carbocycles. The molecule has 0 fully saturated rings. The van der Waals surface area contributed by atoms with Crippen LogP contribution < -0.4 is 15.4 Å². The van der Waals surface area contributed by atoms with Gasteiger partial charge in [-0.3, -0.25) is 15.2 Å². The first-order valence-corrected chi connectivity index (χ1v) is 9.29. The maximum Gasteiger partial charge on any atom is 0.321 e. The number of imide groups is 1. The summed E-state index contributed by atoms with van der Waals surface area (Å²) in [5.41, 5.74) is 1.58. The van der Waals surface area contributed by atoms with E-state index in [0.717, 1.165) is 28.6 Å². The van der Waals surface area contributed by atoms with Gasteiger partial charge in [0.1, 0.15) is 11.0 Å². The molecule has 1 aromatic heterocycles. The number of methoxy groups -OCH3 is 1. The minimum Gasteiger partial charge on any atom is -0.497 e. The SMILES string of the molecule is CNC(=O)NC(=O)[C@@H](Sc1n[nH]c(-c2ccc(OC)cc2)n1)c1ccccc1. The molecule has 0 spiro atoms. The second kappa shape index (κ2) is 9.05. The van der Waals surface area contributed by atoms with Gasteiger partial charge < -0.3 is 10.1 Å². The Morgan fingerprint density at radius 2 is 1.82 bits per heavy atom.